The smallest absolute Gasteiger partial charge is 0.324 e. The number of nitrogens with one attached hydrogen (secondary N) is 1. The van der Waals surface area contributed by atoms with Crippen LogP contribution in [0.5, 0.6) is 0 Å². The first-order valence-corrected chi connectivity index (χ1v) is 6.64. The number of carbonyl (C=O) groups is 2. The standard InChI is InChI=1S/C12H19N3O3/c16-10-2-1-8-5-14(6-9(8)10)7-11(17)15-4-3-13-12(15)18/h8-10,16H,1-7H2,(H,13,18). The lowest BCUT2D eigenvalue weighted by Crippen LogP contribution is -2.41. The molecule has 2 aliphatic heterocycles. The van der Waals surface area contributed by atoms with Gasteiger partial charge in [-0.25, -0.2) is 4.79 Å². The number of rotatable bonds is 2. The minimum atomic E-state index is -0.278. The van der Waals surface area contributed by atoms with Gasteiger partial charge in [-0.1, -0.05) is 0 Å². The van der Waals surface area contributed by atoms with Crippen molar-refractivity contribution in [1.29, 1.82) is 0 Å². The Hall–Kier alpha value is -1.14. The monoisotopic (exact) mass is 253 g/mol. The molecule has 2 saturated heterocycles. The second-order valence-electron chi connectivity index (χ2n) is 5.54. The molecule has 0 aromatic rings. The molecule has 1 aliphatic carbocycles. The summed E-state index contributed by atoms with van der Waals surface area (Å²) in [5, 5.41) is 12.4. The summed E-state index contributed by atoms with van der Waals surface area (Å²) in [6.45, 7) is 2.98. The zero-order valence-electron chi connectivity index (χ0n) is 10.3. The normalized spacial score (nSPS) is 35.9. The van der Waals surface area contributed by atoms with E-state index in [9.17, 15) is 14.7 Å². The third-order valence-electron chi connectivity index (χ3n) is 4.41. The van der Waals surface area contributed by atoms with Crippen LogP contribution in [0.3, 0.4) is 0 Å². The largest absolute Gasteiger partial charge is 0.393 e. The van der Waals surface area contributed by atoms with E-state index < -0.39 is 0 Å². The van der Waals surface area contributed by atoms with E-state index in [1.54, 1.807) is 0 Å². The third kappa shape index (κ3) is 1.99. The van der Waals surface area contributed by atoms with Gasteiger partial charge in [-0.05, 0) is 18.8 Å². The van der Waals surface area contributed by atoms with Crippen LogP contribution in [-0.2, 0) is 4.79 Å². The third-order valence-corrected chi connectivity index (χ3v) is 4.41. The lowest BCUT2D eigenvalue weighted by molar-refractivity contribution is -0.128. The molecular weight excluding hydrogens is 234 g/mol. The topological polar surface area (TPSA) is 72.9 Å². The Kier molecular flexibility index (Phi) is 2.99. The van der Waals surface area contributed by atoms with Gasteiger partial charge in [0.05, 0.1) is 12.6 Å². The van der Waals surface area contributed by atoms with E-state index in [1.165, 1.54) is 4.90 Å². The summed E-state index contributed by atoms with van der Waals surface area (Å²) in [4.78, 5) is 26.7. The Bertz CT molecular complexity index is 374. The first-order valence-electron chi connectivity index (χ1n) is 6.64. The molecule has 3 rings (SSSR count). The van der Waals surface area contributed by atoms with Crippen molar-refractivity contribution in [3.8, 4) is 0 Å². The summed E-state index contributed by atoms with van der Waals surface area (Å²) in [6, 6.07) is -0.278. The zero-order valence-corrected chi connectivity index (χ0v) is 10.3. The quantitative estimate of drug-likeness (QED) is 0.678. The van der Waals surface area contributed by atoms with Crippen molar-refractivity contribution in [2.45, 2.75) is 18.9 Å². The first-order chi connectivity index (χ1) is 8.65. The molecule has 3 aliphatic rings. The summed E-state index contributed by atoms with van der Waals surface area (Å²) in [6.07, 6.45) is 1.75. The number of fused-ring (bicyclic) bond motifs is 1. The van der Waals surface area contributed by atoms with Crippen LogP contribution in [0.15, 0.2) is 0 Å². The molecular formula is C12H19N3O3. The molecule has 0 radical (unpaired) electrons. The molecule has 6 nitrogen and oxygen atoms in total. The molecule has 3 amide bonds. The number of hydrogen-bond acceptors (Lipinski definition) is 4. The van der Waals surface area contributed by atoms with Crippen LogP contribution in [-0.4, -0.2) is 65.7 Å². The molecule has 0 aromatic heterocycles. The summed E-state index contributed by atoms with van der Waals surface area (Å²) in [5.41, 5.74) is 0. The summed E-state index contributed by atoms with van der Waals surface area (Å²) in [7, 11) is 0. The highest BCUT2D eigenvalue weighted by Crippen LogP contribution is 2.37. The van der Waals surface area contributed by atoms with E-state index in [2.05, 4.69) is 10.2 Å². The first kappa shape index (κ1) is 11.9. The van der Waals surface area contributed by atoms with Crippen LogP contribution in [0.25, 0.3) is 0 Å². The number of aliphatic hydroxyl groups is 1. The number of likely N-dealkylation sites (tertiary alicyclic amines) is 1. The van der Waals surface area contributed by atoms with Crippen molar-refractivity contribution in [1.82, 2.24) is 15.1 Å². The van der Waals surface area contributed by atoms with Gasteiger partial charge in [-0.3, -0.25) is 14.6 Å². The van der Waals surface area contributed by atoms with Gasteiger partial charge in [0.2, 0.25) is 5.91 Å². The molecule has 0 aromatic carbocycles. The molecule has 2 heterocycles. The number of hydrogen-bond donors (Lipinski definition) is 2. The van der Waals surface area contributed by atoms with E-state index in [4.69, 9.17) is 0 Å². The van der Waals surface area contributed by atoms with Crippen molar-refractivity contribution in [2.75, 3.05) is 32.7 Å². The molecule has 6 heteroatoms. The molecule has 1 saturated carbocycles. The lowest BCUT2D eigenvalue weighted by Gasteiger charge is -2.20. The maximum atomic E-state index is 12.0. The van der Waals surface area contributed by atoms with Gasteiger partial charge in [0.15, 0.2) is 0 Å². The molecule has 2 N–H and O–H groups in total. The number of amides is 3. The Morgan fingerprint density at radius 3 is 2.89 bits per heavy atom. The van der Waals surface area contributed by atoms with Crippen molar-refractivity contribution in [2.24, 2.45) is 11.8 Å². The number of carbonyl (C=O) groups excluding carboxylic acids is 2. The van der Waals surface area contributed by atoms with Crippen molar-refractivity contribution in [3.63, 3.8) is 0 Å². The van der Waals surface area contributed by atoms with Crippen molar-refractivity contribution in [3.05, 3.63) is 0 Å². The van der Waals surface area contributed by atoms with E-state index in [0.717, 1.165) is 25.9 Å². The molecule has 100 valence electrons. The maximum Gasteiger partial charge on any atom is 0.324 e. The summed E-state index contributed by atoms with van der Waals surface area (Å²) in [5.74, 6) is 0.727. The van der Waals surface area contributed by atoms with Crippen LogP contribution in [0.2, 0.25) is 0 Å². The van der Waals surface area contributed by atoms with Gasteiger partial charge in [0, 0.05) is 32.1 Å². The number of nitrogens with zero attached hydrogens (tertiary/aromatic N) is 2. The molecule has 0 spiro atoms. The maximum absolute atomic E-state index is 12.0. The second kappa shape index (κ2) is 4.51. The average Bonchev–Trinajstić information content (AvgIpc) is 2.98. The zero-order chi connectivity index (χ0) is 12.7. The molecule has 3 unspecified atom stereocenters. The average molecular weight is 253 g/mol. The minimum Gasteiger partial charge on any atom is -0.393 e. The number of urea groups is 1. The van der Waals surface area contributed by atoms with Gasteiger partial charge in [0.25, 0.3) is 0 Å². The van der Waals surface area contributed by atoms with Crippen LogP contribution < -0.4 is 5.32 Å². The van der Waals surface area contributed by atoms with Crippen LogP contribution in [0, 0.1) is 11.8 Å². The fourth-order valence-corrected chi connectivity index (χ4v) is 3.44. The minimum absolute atomic E-state index is 0.125. The summed E-state index contributed by atoms with van der Waals surface area (Å²) >= 11 is 0. The predicted octanol–water partition coefficient (Wildman–Crippen LogP) is -0.759. The van der Waals surface area contributed by atoms with Gasteiger partial charge in [-0.15, -0.1) is 0 Å². The highest BCUT2D eigenvalue weighted by atomic mass is 16.3. The summed E-state index contributed by atoms with van der Waals surface area (Å²) < 4.78 is 0. The number of imide groups is 1. The Morgan fingerprint density at radius 2 is 2.22 bits per heavy atom. The van der Waals surface area contributed by atoms with Gasteiger partial charge < -0.3 is 10.4 Å². The highest BCUT2D eigenvalue weighted by molar-refractivity contribution is 5.96. The van der Waals surface area contributed by atoms with E-state index in [0.29, 0.717) is 31.5 Å². The molecule has 3 atom stereocenters. The fourth-order valence-electron chi connectivity index (χ4n) is 3.44. The van der Waals surface area contributed by atoms with Gasteiger partial charge in [0.1, 0.15) is 0 Å². The molecule has 0 bridgehead atoms. The molecule has 18 heavy (non-hydrogen) atoms. The van der Waals surface area contributed by atoms with Gasteiger partial charge in [-0.2, -0.15) is 0 Å². The fraction of sp³-hybridized carbons (Fsp3) is 0.833. The predicted molar refractivity (Wildman–Crippen MR) is 63.8 cm³/mol. The SMILES string of the molecule is O=C(CN1CC2CCC(O)C2C1)N1CCNC1=O. The van der Waals surface area contributed by atoms with Crippen molar-refractivity contribution >= 4 is 11.9 Å². The molecule has 3 fully saturated rings. The highest BCUT2D eigenvalue weighted by Gasteiger charge is 2.42. The lowest BCUT2D eigenvalue weighted by atomic mass is 10.00. The van der Waals surface area contributed by atoms with E-state index in [1.807, 2.05) is 0 Å². The van der Waals surface area contributed by atoms with Crippen molar-refractivity contribution < 1.29 is 14.7 Å². The van der Waals surface area contributed by atoms with E-state index >= 15 is 0 Å². The van der Waals surface area contributed by atoms with E-state index in [-0.39, 0.29) is 18.0 Å². The van der Waals surface area contributed by atoms with Crippen LogP contribution in [0.1, 0.15) is 12.8 Å². The van der Waals surface area contributed by atoms with Crippen LogP contribution >= 0.6 is 0 Å². The number of aliphatic hydroxyl groups excluding tert-OH is 1. The Labute approximate surface area is 106 Å². The second-order valence-corrected chi connectivity index (χ2v) is 5.54. The van der Waals surface area contributed by atoms with Crippen LogP contribution in [0.4, 0.5) is 4.79 Å². The Morgan fingerprint density at radius 1 is 1.39 bits per heavy atom. The Balaban J connectivity index is 1.55. The van der Waals surface area contributed by atoms with Gasteiger partial charge >= 0.3 is 6.03 Å².